The highest BCUT2D eigenvalue weighted by atomic mass is 35.5. The van der Waals surface area contributed by atoms with Crippen LogP contribution in [0.2, 0.25) is 5.02 Å². The number of unbranched alkanes of at least 4 members (excludes halogenated alkanes) is 1. The maximum absolute atomic E-state index is 13.4. The second-order valence-electron chi connectivity index (χ2n) is 7.24. The molecule has 0 bridgehead atoms. The first-order chi connectivity index (χ1) is 15.8. The average Bonchev–Trinajstić information content (AvgIpc) is 2.82. The molecule has 0 fully saturated rings. The van der Waals surface area contributed by atoms with Gasteiger partial charge in [0.05, 0.1) is 34.8 Å². The fourth-order valence-electron chi connectivity index (χ4n) is 2.99. The summed E-state index contributed by atoms with van der Waals surface area (Å²) in [5.74, 6) is 0.168. The summed E-state index contributed by atoms with van der Waals surface area (Å²) in [6.45, 7) is 7.45. The minimum atomic E-state index is -3.98. The summed E-state index contributed by atoms with van der Waals surface area (Å²) in [5, 5.41) is 2.94. The molecule has 1 amide bonds. The molecule has 2 aromatic rings. The van der Waals surface area contributed by atoms with Crippen LogP contribution in [0.15, 0.2) is 60.0 Å². The summed E-state index contributed by atoms with van der Waals surface area (Å²) in [6, 6.07) is 10.7. The summed E-state index contributed by atoms with van der Waals surface area (Å²) >= 11 is 6.21. The fourth-order valence-corrected chi connectivity index (χ4v) is 4.66. The van der Waals surface area contributed by atoms with E-state index in [4.69, 9.17) is 21.1 Å². The smallest absolute Gasteiger partial charge is 0.264 e. The molecule has 9 heteroatoms. The van der Waals surface area contributed by atoms with E-state index in [1.165, 1.54) is 35.7 Å². The van der Waals surface area contributed by atoms with Crippen molar-refractivity contribution in [3.05, 3.63) is 65.7 Å². The number of hydrogen-bond donors (Lipinski definition) is 1. The maximum Gasteiger partial charge on any atom is 0.264 e. The normalized spacial score (nSPS) is 11.1. The Kier molecular flexibility index (Phi) is 10.7. The highest BCUT2D eigenvalue weighted by Gasteiger charge is 2.26. The highest BCUT2D eigenvalue weighted by Crippen LogP contribution is 2.28. The van der Waals surface area contributed by atoms with E-state index in [9.17, 15) is 13.2 Å². The lowest BCUT2D eigenvalue weighted by Crippen LogP contribution is -2.31. The van der Waals surface area contributed by atoms with Gasteiger partial charge in [0.15, 0.2) is 0 Å². The number of rotatable bonds is 14. The molecule has 0 atom stereocenters. The van der Waals surface area contributed by atoms with Crippen molar-refractivity contribution in [1.82, 2.24) is 5.32 Å². The van der Waals surface area contributed by atoms with Gasteiger partial charge in [0.1, 0.15) is 5.75 Å². The maximum atomic E-state index is 13.4. The minimum absolute atomic E-state index is 0.0439. The van der Waals surface area contributed by atoms with E-state index in [0.29, 0.717) is 37.6 Å². The molecule has 0 saturated heterocycles. The van der Waals surface area contributed by atoms with Crippen LogP contribution < -0.4 is 14.4 Å². The van der Waals surface area contributed by atoms with Crippen LogP contribution in [0.3, 0.4) is 0 Å². The van der Waals surface area contributed by atoms with E-state index in [0.717, 1.165) is 12.8 Å². The zero-order valence-electron chi connectivity index (χ0n) is 19.1. The lowest BCUT2D eigenvalue weighted by atomic mass is 10.2. The molecule has 0 heterocycles. The number of hydrogen-bond acceptors (Lipinski definition) is 5. The number of nitrogens with zero attached hydrogens (tertiary/aromatic N) is 1. The SMILES string of the molecule is C=CCN(c1ccc(OC)cc1)S(=O)(=O)c1ccc(Cl)c(C(=O)NCCCOCCCC)c1. The van der Waals surface area contributed by atoms with Crippen molar-refractivity contribution in [2.24, 2.45) is 0 Å². The van der Waals surface area contributed by atoms with Gasteiger partial charge in [0, 0.05) is 19.8 Å². The predicted octanol–water partition coefficient (Wildman–Crippen LogP) is 4.67. The van der Waals surface area contributed by atoms with Crippen molar-refractivity contribution in [2.75, 3.05) is 37.7 Å². The molecule has 7 nitrogen and oxygen atoms in total. The van der Waals surface area contributed by atoms with Crippen molar-refractivity contribution in [1.29, 1.82) is 0 Å². The number of carbonyl (C=O) groups excluding carboxylic acids is 1. The van der Waals surface area contributed by atoms with Crippen LogP contribution in [-0.4, -0.2) is 47.7 Å². The monoisotopic (exact) mass is 494 g/mol. The van der Waals surface area contributed by atoms with Gasteiger partial charge in [-0.15, -0.1) is 6.58 Å². The highest BCUT2D eigenvalue weighted by molar-refractivity contribution is 7.92. The van der Waals surface area contributed by atoms with E-state index >= 15 is 0 Å². The summed E-state index contributed by atoms with van der Waals surface area (Å²) < 4.78 is 38.6. The van der Waals surface area contributed by atoms with Gasteiger partial charge in [-0.25, -0.2) is 8.42 Å². The fraction of sp³-hybridized carbons (Fsp3) is 0.375. The molecule has 33 heavy (non-hydrogen) atoms. The second-order valence-corrected chi connectivity index (χ2v) is 9.51. The number of ether oxygens (including phenoxy) is 2. The van der Waals surface area contributed by atoms with Crippen molar-refractivity contribution in [3.8, 4) is 5.75 Å². The molecule has 0 unspecified atom stereocenters. The standard InChI is InChI=1S/C24H31ClN2O5S/c1-4-6-16-32-17-7-14-26-24(28)22-18-21(12-13-23(22)25)33(29,30)27(15-5-2)19-8-10-20(31-3)11-9-19/h5,8-13,18H,2,4,6-7,14-17H2,1,3H3,(H,26,28). The van der Waals surface area contributed by atoms with Crippen molar-refractivity contribution >= 4 is 33.2 Å². The third-order valence-electron chi connectivity index (χ3n) is 4.82. The largest absolute Gasteiger partial charge is 0.497 e. The molecule has 2 rings (SSSR count). The first-order valence-electron chi connectivity index (χ1n) is 10.8. The molecular formula is C24H31ClN2O5S. The second kappa shape index (κ2) is 13.2. The van der Waals surface area contributed by atoms with Crippen LogP contribution in [-0.2, 0) is 14.8 Å². The van der Waals surface area contributed by atoms with Gasteiger partial charge >= 0.3 is 0 Å². The quantitative estimate of drug-likeness (QED) is 0.305. The molecule has 0 aromatic heterocycles. The van der Waals surface area contributed by atoms with E-state index in [1.807, 2.05) is 0 Å². The summed E-state index contributed by atoms with van der Waals surface area (Å²) in [4.78, 5) is 12.6. The molecule has 0 spiro atoms. The average molecular weight is 495 g/mol. The first-order valence-corrected chi connectivity index (χ1v) is 12.6. The molecule has 0 aliphatic rings. The molecule has 180 valence electrons. The van der Waals surface area contributed by atoms with E-state index < -0.39 is 15.9 Å². The molecule has 0 aliphatic heterocycles. The number of sulfonamides is 1. The summed E-state index contributed by atoms with van der Waals surface area (Å²) in [6.07, 6.45) is 4.21. The van der Waals surface area contributed by atoms with Crippen molar-refractivity contribution in [3.63, 3.8) is 0 Å². The Morgan fingerprint density at radius 3 is 2.48 bits per heavy atom. The van der Waals surface area contributed by atoms with Crippen molar-refractivity contribution in [2.45, 2.75) is 31.1 Å². The summed E-state index contributed by atoms with van der Waals surface area (Å²) in [7, 11) is -2.45. The van der Waals surface area contributed by atoms with E-state index in [1.54, 1.807) is 24.3 Å². The zero-order valence-corrected chi connectivity index (χ0v) is 20.6. The van der Waals surface area contributed by atoms with Crippen LogP contribution in [0, 0.1) is 0 Å². The van der Waals surface area contributed by atoms with E-state index in [-0.39, 0.29) is 22.0 Å². The van der Waals surface area contributed by atoms with Gasteiger partial charge in [-0.05, 0) is 55.3 Å². The van der Waals surface area contributed by atoms with Crippen LogP contribution >= 0.6 is 11.6 Å². The molecule has 0 aliphatic carbocycles. The van der Waals surface area contributed by atoms with Crippen LogP contribution in [0.1, 0.15) is 36.5 Å². The molecular weight excluding hydrogens is 464 g/mol. The Hall–Kier alpha value is -2.55. The van der Waals surface area contributed by atoms with Gasteiger partial charge in [-0.2, -0.15) is 0 Å². The lowest BCUT2D eigenvalue weighted by molar-refractivity contribution is 0.0940. The van der Waals surface area contributed by atoms with Gasteiger partial charge < -0.3 is 14.8 Å². The Labute approximate surface area is 201 Å². The van der Waals surface area contributed by atoms with Gasteiger partial charge in [-0.1, -0.05) is 31.0 Å². The number of carbonyl (C=O) groups is 1. The lowest BCUT2D eigenvalue weighted by Gasteiger charge is -2.23. The Morgan fingerprint density at radius 2 is 1.85 bits per heavy atom. The third kappa shape index (κ3) is 7.48. The molecule has 1 N–H and O–H groups in total. The Bertz CT molecular complexity index is 1030. The van der Waals surface area contributed by atoms with Crippen LogP contribution in [0.5, 0.6) is 5.75 Å². The van der Waals surface area contributed by atoms with E-state index in [2.05, 4.69) is 18.8 Å². The number of amides is 1. The number of methoxy groups -OCH3 is 1. The van der Waals surface area contributed by atoms with Crippen LogP contribution in [0.25, 0.3) is 0 Å². The van der Waals surface area contributed by atoms with Crippen molar-refractivity contribution < 1.29 is 22.7 Å². The number of nitrogens with one attached hydrogen (secondary N) is 1. The molecule has 0 radical (unpaired) electrons. The Balaban J connectivity index is 2.18. The number of benzene rings is 2. The number of halogens is 1. The predicted molar refractivity (Wildman–Crippen MR) is 132 cm³/mol. The number of anilines is 1. The Morgan fingerprint density at radius 1 is 1.15 bits per heavy atom. The van der Waals surface area contributed by atoms with Gasteiger partial charge in [-0.3, -0.25) is 9.10 Å². The van der Waals surface area contributed by atoms with Gasteiger partial charge in [0.25, 0.3) is 15.9 Å². The topological polar surface area (TPSA) is 84.9 Å². The van der Waals surface area contributed by atoms with Crippen LogP contribution in [0.4, 0.5) is 5.69 Å². The summed E-state index contributed by atoms with van der Waals surface area (Å²) in [5.41, 5.74) is 0.539. The minimum Gasteiger partial charge on any atom is -0.497 e. The molecule has 2 aromatic carbocycles. The zero-order chi connectivity index (χ0) is 24.3. The third-order valence-corrected chi connectivity index (χ3v) is 6.94. The first kappa shape index (κ1) is 26.7. The van der Waals surface area contributed by atoms with Gasteiger partial charge in [0.2, 0.25) is 0 Å². The molecule has 0 saturated carbocycles.